The fourth-order valence-electron chi connectivity index (χ4n) is 5.34. The van der Waals surface area contributed by atoms with E-state index in [-0.39, 0.29) is 5.41 Å². The smallest absolute Gasteiger partial charge is 0.127 e. The van der Waals surface area contributed by atoms with Gasteiger partial charge in [-0.05, 0) is 71.5 Å². The van der Waals surface area contributed by atoms with Crippen LogP contribution in [-0.2, 0) is 5.41 Å². The maximum absolute atomic E-state index is 6.14. The number of aryl methyl sites for hydroxylation is 2. The van der Waals surface area contributed by atoms with Gasteiger partial charge in [-0.1, -0.05) is 108 Å². The maximum Gasteiger partial charge on any atom is 0.127 e. The van der Waals surface area contributed by atoms with Gasteiger partial charge < -0.3 is 4.74 Å². The quantitative estimate of drug-likeness (QED) is 0.268. The SMILES string of the molecule is Cc1ccc(Oc2ccc(C3(c4ccc(C)cc4)c4ccccc4-c4ccccc43)cc2)cc1. The molecule has 0 bridgehead atoms. The molecule has 1 aliphatic carbocycles. The summed E-state index contributed by atoms with van der Waals surface area (Å²) in [5, 5.41) is 0. The number of benzene rings is 5. The Kier molecular flexibility index (Phi) is 4.85. The van der Waals surface area contributed by atoms with Crippen LogP contribution in [-0.4, -0.2) is 0 Å². The Bertz CT molecular complexity index is 1410. The number of fused-ring (bicyclic) bond motifs is 3. The van der Waals surface area contributed by atoms with Crippen molar-refractivity contribution in [2.75, 3.05) is 0 Å². The summed E-state index contributed by atoms with van der Waals surface area (Å²) in [4.78, 5) is 0. The van der Waals surface area contributed by atoms with Crippen LogP contribution in [0.4, 0.5) is 0 Å². The standard InChI is InChI=1S/C33H26O/c1-23-11-15-25(16-12-23)33(31-9-5-3-7-29(31)30-8-4-6-10-32(30)33)26-17-21-28(22-18-26)34-27-19-13-24(2)14-20-27/h3-22H,1-2H3. The molecule has 0 heterocycles. The van der Waals surface area contributed by atoms with Crippen LogP contribution in [0.25, 0.3) is 11.1 Å². The number of hydrogen-bond acceptors (Lipinski definition) is 1. The average molecular weight is 439 g/mol. The molecule has 0 radical (unpaired) electrons. The van der Waals surface area contributed by atoms with Crippen LogP contribution in [0.15, 0.2) is 121 Å². The molecule has 0 atom stereocenters. The maximum atomic E-state index is 6.14. The highest BCUT2D eigenvalue weighted by atomic mass is 16.5. The van der Waals surface area contributed by atoms with E-state index >= 15 is 0 Å². The molecule has 0 aliphatic heterocycles. The lowest BCUT2D eigenvalue weighted by atomic mass is 9.67. The van der Waals surface area contributed by atoms with E-state index in [2.05, 4.69) is 123 Å². The molecule has 1 aliphatic rings. The molecule has 5 aromatic rings. The number of rotatable bonds is 4. The molecule has 0 fully saturated rings. The van der Waals surface area contributed by atoms with Crippen molar-refractivity contribution in [2.45, 2.75) is 19.3 Å². The van der Waals surface area contributed by atoms with E-state index in [4.69, 9.17) is 4.74 Å². The van der Waals surface area contributed by atoms with Crippen LogP contribution in [0.5, 0.6) is 11.5 Å². The van der Waals surface area contributed by atoms with Crippen molar-refractivity contribution in [1.29, 1.82) is 0 Å². The summed E-state index contributed by atoms with van der Waals surface area (Å²) in [6.45, 7) is 4.23. The summed E-state index contributed by atoms with van der Waals surface area (Å²) in [5.41, 5.74) is 9.90. The van der Waals surface area contributed by atoms with Crippen molar-refractivity contribution in [3.8, 4) is 22.6 Å². The molecule has 0 spiro atoms. The van der Waals surface area contributed by atoms with E-state index in [1.165, 1.54) is 44.5 Å². The molecule has 0 saturated heterocycles. The molecule has 34 heavy (non-hydrogen) atoms. The minimum Gasteiger partial charge on any atom is -0.457 e. The lowest BCUT2D eigenvalue weighted by Gasteiger charge is -2.34. The van der Waals surface area contributed by atoms with Crippen LogP contribution in [0.2, 0.25) is 0 Å². The van der Waals surface area contributed by atoms with E-state index in [1.807, 2.05) is 12.1 Å². The lowest BCUT2D eigenvalue weighted by molar-refractivity contribution is 0.482. The van der Waals surface area contributed by atoms with Crippen molar-refractivity contribution >= 4 is 0 Å². The molecule has 0 amide bonds. The van der Waals surface area contributed by atoms with Crippen LogP contribution < -0.4 is 4.74 Å². The van der Waals surface area contributed by atoms with E-state index < -0.39 is 0 Å². The normalized spacial score (nSPS) is 13.2. The zero-order valence-electron chi connectivity index (χ0n) is 19.5. The van der Waals surface area contributed by atoms with Crippen LogP contribution >= 0.6 is 0 Å². The Labute approximate surface area is 201 Å². The molecule has 0 unspecified atom stereocenters. The molecule has 1 heteroatoms. The lowest BCUT2D eigenvalue weighted by Crippen LogP contribution is -2.28. The topological polar surface area (TPSA) is 9.23 Å². The van der Waals surface area contributed by atoms with Gasteiger partial charge in [-0.3, -0.25) is 0 Å². The predicted octanol–water partition coefficient (Wildman–Crippen LogP) is 8.46. The fraction of sp³-hybridized carbons (Fsp3) is 0.0909. The van der Waals surface area contributed by atoms with Crippen molar-refractivity contribution in [3.63, 3.8) is 0 Å². The first-order valence-corrected chi connectivity index (χ1v) is 11.8. The van der Waals surface area contributed by atoms with Crippen molar-refractivity contribution < 1.29 is 4.74 Å². The molecular formula is C33H26O. The Morgan fingerprint density at radius 3 is 1.32 bits per heavy atom. The molecule has 0 aromatic heterocycles. The highest BCUT2D eigenvalue weighted by Crippen LogP contribution is 2.56. The molecule has 0 saturated carbocycles. The summed E-state index contributed by atoms with van der Waals surface area (Å²) in [6.07, 6.45) is 0. The summed E-state index contributed by atoms with van der Waals surface area (Å²) in [6, 6.07) is 43.5. The third-order valence-electron chi connectivity index (χ3n) is 6.98. The largest absolute Gasteiger partial charge is 0.457 e. The zero-order valence-corrected chi connectivity index (χ0v) is 19.5. The van der Waals surface area contributed by atoms with Gasteiger partial charge in [-0.25, -0.2) is 0 Å². The number of ether oxygens (including phenoxy) is 1. The second kappa shape index (κ2) is 8.04. The number of hydrogen-bond donors (Lipinski definition) is 0. The molecular weight excluding hydrogens is 412 g/mol. The van der Waals surface area contributed by atoms with Gasteiger partial charge >= 0.3 is 0 Å². The molecule has 164 valence electrons. The molecule has 1 nitrogen and oxygen atoms in total. The first-order valence-electron chi connectivity index (χ1n) is 11.8. The van der Waals surface area contributed by atoms with Gasteiger partial charge in [0.05, 0.1) is 5.41 Å². The highest BCUT2D eigenvalue weighted by molar-refractivity contribution is 5.86. The average Bonchev–Trinajstić information content (AvgIpc) is 3.18. The minimum absolute atomic E-state index is 0.372. The third-order valence-corrected chi connectivity index (χ3v) is 6.98. The Hall–Kier alpha value is -4.10. The fourth-order valence-corrected chi connectivity index (χ4v) is 5.34. The van der Waals surface area contributed by atoms with Crippen LogP contribution in [0.1, 0.15) is 33.4 Å². The zero-order chi connectivity index (χ0) is 23.1. The Balaban J connectivity index is 1.54. The van der Waals surface area contributed by atoms with E-state index in [1.54, 1.807) is 0 Å². The van der Waals surface area contributed by atoms with Crippen LogP contribution in [0, 0.1) is 13.8 Å². The van der Waals surface area contributed by atoms with Gasteiger partial charge in [0.1, 0.15) is 11.5 Å². The summed E-state index contributed by atoms with van der Waals surface area (Å²) in [5.74, 6) is 1.69. The Morgan fingerprint density at radius 1 is 0.441 bits per heavy atom. The molecule has 5 aromatic carbocycles. The third kappa shape index (κ3) is 3.16. The minimum atomic E-state index is -0.372. The highest BCUT2D eigenvalue weighted by Gasteiger charge is 2.45. The molecule has 6 rings (SSSR count). The summed E-state index contributed by atoms with van der Waals surface area (Å²) in [7, 11) is 0. The predicted molar refractivity (Wildman–Crippen MR) is 140 cm³/mol. The van der Waals surface area contributed by atoms with Gasteiger partial charge in [0.15, 0.2) is 0 Å². The summed E-state index contributed by atoms with van der Waals surface area (Å²) < 4.78 is 6.14. The van der Waals surface area contributed by atoms with Crippen molar-refractivity contribution in [1.82, 2.24) is 0 Å². The van der Waals surface area contributed by atoms with Crippen molar-refractivity contribution in [3.05, 3.63) is 155 Å². The van der Waals surface area contributed by atoms with E-state index in [0.717, 1.165) is 11.5 Å². The van der Waals surface area contributed by atoms with Crippen LogP contribution in [0.3, 0.4) is 0 Å². The Morgan fingerprint density at radius 2 is 0.824 bits per heavy atom. The summed E-state index contributed by atoms with van der Waals surface area (Å²) >= 11 is 0. The van der Waals surface area contributed by atoms with Gasteiger partial charge in [0.2, 0.25) is 0 Å². The van der Waals surface area contributed by atoms with E-state index in [9.17, 15) is 0 Å². The monoisotopic (exact) mass is 438 g/mol. The van der Waals surface area contributed by atoms with E-state index in [0.29, 0.717) is 0 Å². The first-order chi connectivity index (χ1) is 16.7. The molecule has 0 N–H and O–H groups in total. The second-order valence-electron chi connectivity index (χ2n) is 9.15. The van der Waals surface area contributed by atoms with Gasteiger partial charge in [-0.2, -0.15) is 0 Å². The van der Waals surface area contributed by atoms with Gasteiger partial charge in [0, 0.05) is 0 Å². The van der Waals surface area contributed by atoms with Crippen molar-refractivity contribution in [2.24, 2.45) is 0 Å². The first kappa shape index (κ1) is 20.5. The van der Waals surface area contributed by atoms with Gasteiger partial charge in [-0.15, -0.1) is 0 Å². The second-order valence-corrected chi connectivity index (χ2v) is 9.15. The van der Waals surface area contributed by atoms with Gasteiger partial charge in [0.25, 0.3) is 0 Å².